The van der Waals surface area contributed by atoms with Crippen LogP contribution in [-0.4, -0.2) is 53.3 Å². The summed E-state index contributed by atoms with van der Waals surface area (Å²) >= 11 is 0. The molecule has 3 nitrogen and oxygen atoms in total. The smallest absolute Gasteiger partial charge is 0.100 e. The normalized spacial score (nSPS) is 28.7. The Labute approximate surface area is 139 Å². The number of alkyl halides is 1. The maximum absolute atomic E-state index is 13.3. The molecular formula is C19H29FN2O. The van der Waals surface area contributed by atoms with Crippen molar-refractivity contribution in [2.75, 3.05) is 26.2 Å². The summed E-state index contributed by atoms with van der Waals surface area (Å²) in [6, 6.07) is 9.29. The number of hydrogen-bond donors (Lipinski definition) is 1. The largest absolute Gasteiger partial charge is 0.392 e. The first kappa shape index (κ1) is 16.9. The van der Waals surface area contributed by atoms with Crippen molar-refractivity contribution < 1.29 is 9.50 Å². The van der Waals surface area contributed by atoms with E-state index in [4.69, 9.17) is 5.11 Å². The second-order valence-electron chi connectivity index (χ2n) is 7.05. The quantitative estimate of drug-likeness (QED) is 0.923. The van der Waals surface area contributed by atoms with Crippen molar-refractivity contribution >= 4 is 0 Å². The average Bonchev–Trinajstić information content (AvgIpc) is 2.62. The lowest BCUT2D eigenvalue weighted by molar-refractivity contribution is 0.0498. The first-order chi connectivity index (χ1) is 11.2. The molecule has 0 unspecified atom stereocenters. The molecule has 3 rings (SSSR count). The summed E-state index contributed by atoms with van der Waals surface area (Å²) in [7, 11) is 0. The van der Waals surface area contributed by atoms with Gasteiger partial charge in [0.2, 0.25) is 0 Å². The Kier molecular flexibility index (Phi) is 5.67. The second-order valence-corrected chi connectivity index (χ2v) is 7.05. The first-order valence-corrected chi connectivity index (χ1v) is 8.99. The molecule has 23 heavy (non-hydrogen) atoms. The molecule has 1 saturated carbocycles. The second kappa shape index (κ2) is 7.73. The van der Waals surface area contributed by atoms with Crippen LogP contribution in [-0.2, 0) is 6.61 Å². The number of rotatable bonds is 4. The molecule has 128 valence electrons. The van der Waals surface area contributed by atoms with E-state index < -0.39 is 6.17 Å². The Morgan fingerprint density at radius 2 is 1.65 bits per heavy atom. The van der Waals surface area contributed by atoms with E-state index in [0.717, 1.165) is 57.4 Å². The minimum absolute atomic E-state index is 0.106. The van der Waals surface area contributed by atoms with Gasteiger partial charge in [0.05, 0.1) is 6.61 Å². The van der Waals surface area contributed by atoms with Crippen LogP contribution in [0.1, 0.15) is 49.8 Å². The van der Waals surface area contributed by atoms with Crippen LogP contribution in [0.25, 0.3) is 0 Å². The lowest BCUT2D eigenvalue weighted by Gasteiger charge is -2.43. The molecule has 1 heterocycles. The fourth-order valence-electron chi connectivity index (χ4n) is 4.00. The average molecular weight is 320 g/mol. The van der Waals surface area contributed by atoms with Gasteiger partial charge < -0.3 is 5.11 Å². The van der Waals surface area contributed by atoms with Gasteiger partial charge in [-0.2, -0.15) is 0 Å². The third-order valence-electron chi connectivity index (χ3n) is 5.68. The molecule has 0 aromatic heterocycles. The van der Waals surface area contributed by atoms with Gasteiger partial charge in [-0.3, -0.25) is 9.80 Å². The molecule has 2 aliphatic rings. The topological polar surface area (TPSA) is 26.7 Å². The van der Waals surface area contributed by atoms with Gasteiger partial charge in [-0.1, -0.05) is 24.3 Å². The monoisotopic (exact) mass is 320 g/mol. The van der Waals surface area contributed by atoms with E-state index in [2.05, 4.69) is 28.9 Å². The number of nitrogens with zero attached hydrogens (tertiary/aromatic N) is 2. The zero-order valence-electron chi connectivity index (χ0n) is 14.1. The van der Waals surface area contributed by atoms with E-state index >= 15 is 0 Å². The molecule has 1 atom stereocenters. The van der Waals surface area contributed by atoms with Crippen molar-refractivity contribution in [3.8, 4) is 0 Å². The molecule has 0 amide bonds. The highest BCUT2D eigenvalue weighted by atomic mass is 19.1. The fraction of sp³-hybridized carbons (Fsp3) is 0.684. The van der Waals surface area contributed by atoms with Crippen molar-refractivity contribution in [2.45, 2.75) is 57.5 Å². The minimum atomic E-state index is -0.561. The lowest BCUT2D eigenvalue weighted by Crippen LogP contribution is -2.51. The zero-order chi connectivity index (χ0) is 16.2. The number of aliphatic hydroxyl groups is 1. The number of hydrogen-bond acceptors (Lipinski definition) is 3. The molecule has 1 aromatic carbocycles. The summed E-state index contributed by atoms with van der Waals surface area (Å²) in [4.78, 5) is 5.11. The Bertz CT molecular complexity index is 477. The van der Waals surface area contributed by atoms with Crippen LogP contribution >= 0.6 is 0 Å². The van der Waals surface area contributed by atoms with Gasteiger partial charge in [0, 0.05) is 38.3 Å². The van der Waals surface area contributed by atoms with Crippen LogP contribution in [0.15, 0.2) is 24.3 Å². The van der Waals surface area contributed by atoms with Crippen LogP contribution in [0, 0.1) is 0 Å². The van der Waals surface area contributed by atoms with Crippen molar-refractivity contribution in [1.29, 1.82) is 0 Å². The van der Waals surface area contributed by atoms with E-state index in [1.54, 1.807) is 0 Å². The number of aliphatic hydroxyl groups excluding tert-OH is 1. The van der Waals surface area contributed by atoms with Crippen LogP contribution in [0.2, 0.25) is 0 Å². The van der Waals surface area contributed by atoms with Crippen molar-refractivity contribution in [3.05, 3.63) is 35.4 Å². The van der Waals surface area contributed by atoms with Crippen LogP contribution in [0.4, 0.5) is 4.39 Å². The predicted octanol–water partition coefficient (Wildman–Crippen LogP) is 3.14. The number of piperazine rings is 1. The van der Waals surface area contributed by atoms with Gasteiger partial charge in [-0.05, 0) is 43.7 Å². The van der Waals surface area contributed by atoms with Crippen molar-refractivity contribution in [1.82, 2.24) is 9.80 Å². The summed E-state index contributed by atoms with van der Waals surface area (Å²) in [5.74, 6) is 0. The van der Waals surface area contributed by atoms with Gasteiger partial charge >= 0.3 is 0 Å². The Hall–Kier alpha value is -0.970. The van der Waals surface area contributed by atoms with Gasteiger partial charge in [0.1, 0.15) is 6.17 Å². The van der Waals surface area contributed by atoms with Crippen molar-refractivity contribution in [2.24, 2.45) is 0 Å². The van der Waals surface area contributed by atoms with Gasteiger partial charge in [-0.15, -0.1) is 0 Å². The highest BCUT2D eigenvalue weighted by Gasteiger charge is 2.29. The number of halogens is 1. The molecule has 0 spiro atoms. The maximum atomic E-state index is 13.3. The summed E-state index contributed by atoms with van der Waals surface area (Å²) in [6.45, 7) is 6.73. The molecule has 1 N–H and O–H groups in total. The first-order valence-electron chi connectivity index (χ1n) is 8.99. The van der Waals surface area contributed by atoms with Gasteiger partial charge in [0.25, 0.3) is 0 Å². The molecule has 1 aliphatic heterocycles. The third kappa shape index (κ3) is 4.11. The van der Waals surface area contributed by atoms with E-state index in [-0.39, 0.29) is 6.61 Å². The summed E-state index contributed by atoms with van der Waals surface area (Å²) < 4.78 is 13.3. The molecule has 0 bridgehead atoms. The highest BCUT2D eigenvalue weighted by Crippen LogP contribution is 2.28. The molecule has 1 aliphatic carbocycles. The predicted molar refractivity (Wildman–Crippen MR) is 91.1 cm³/mol. The Morgan fingerprint density at radius 1 is 1.04 bits per heavy atom. The molecule has 4 heteroatoms. The van der Waals surface area contributed by atoms with E-state index in [9.17, 15) is 4.39 Å². The molecule has 1 aromatic rings. The molecule has 2 fully saturated rings. The number of benzene rings is 1. The SMILES string of the molecule is C[C@H](c1ccc(CO)cc1)N1CCN(C2CCC(F)CC2)CC1. The minimum Gasteiger partial charge on any atom is -0.392 e. The lowest BCUT2D eigenvalue weighted by atomic mass is 9.92. The van der Waals surface area contributed by atoms with Crippen molar-refractivity contribution in [3.63, 3.8) is 0 Å². The van der Waals surface area contributed by atoms with E-state index in [0.29, 0.717) is 12.1 Å². The van der Waals surface area contributed by atoms with E-state index in [1.165, 1.54) is 5.56 Å². The zero-order valence-corrected chi connectivity index (χ0v) is 14.1. The summed E-state index contributed by atoms with van der Waals surface area (Å²) in [6.07, 6.45) is 2.99. The summed E-state index contributed by atoms with van der Waals surface area (Å²) in [5, 5.41) is 9.15. The highest BCUT2D eigenvalue weighted by molar-refractivity contribution is 5.24. The fourth-order valence-corrected chi connectivity index (χ4v) is 4.00. The third-order valence-corrected chi connectivity index (χ3v) is 5.68. The molecular weight excluding hydrogens is 291 g/mol. The van der Waals surface area contributed by atoms with E-state index in [1.807, 2.05) is 12.1 Å². The van der Waals surface area contributed by atoms with Crippen LogP contribution in [0.3, 0.4) is 0 Å². The Balaban J connectivity index is 1.51. The van der Waals surface area contributed by atoms with Crippen LogP contribution < -0.4 is 0 Å². The van der Waals surface area contributed by atoms with Crippen LogP contribution in [0.5, 0.6) is 0 Å². The standard InChI is InChI=1S/C19H29FN2O/c1-15(17-4-2-16(14-23)3-5-17)21-10-12-22(13-11-21)19-8-6-18(20)7-9-19/h2-5,15,18-19,23H,6-14H2,1H3/t15-,18?,19?/m1/s1. The Morgan fingerprint density at radius 3 is 2.22 bits per heavy atom. The van der Waals surface area contributed by atoms with Gasteiger partial charge in [-0.25, -0.2) is 4.39 Å². The summed E-state index contributed by atoms with van der Waals surface area (Å²) in [5.41, 5.74) is 2.28. The molecule has 1 saturated heterocycles. The maximum Gasteiger partial charge on any atom is 0.100 e. The van der Waals surface area contributed by atoms with Gasteiger partial charge in [0.15, 0.2) is 0 Å². The molecule has 0 radical (unpaired) electrons.